The van der Waals surface area contributed by atoms with Gasteiger partial charge in [-0.3, -0.25) is 9.59 Å². The molecule has 6 heteroatoms. The largest absolute Gasteiger partial charge is 0.395 e. The first-order chi connectivity index (χ1) is 9.69. The van der Waals surface area contributed by atoms with Gasteiger partial charge in [-0.2, -0.15) is 0 Å². The Morgan fingerprint density at radius 3 is 1.55 bits per heavy atom. The second-order valence-corrected chi connectivity index (χ2v) is 6.01. The van der Waals surface area contributed by atoms with Gasteiger partial charge >= 0.3 is 0 Å². The molecule has 4 bridgehead atoms. The van der Waals surface area contributed by atoms with Gasteiger partial charge in [0.25, 0.3) is 0 Å². The number of hydrogen-bond donors (Lipinski definition) is 2. The summed E-state index contributed by atoms with van der Waals surface area (Å²) in [5, 5.41) is 18.4. The quantitative estimate of drug-likeness (QED) is 0.707. The molecule has 6 fully saturated rings. The first-order valence-corrected chi connectivity index (χ1v) is 7.51. The van der Waals surface area contributed by atoms with Gasteiger partial charge < -0.3 is 20.0 Å². The normalized spacial score (nSPS) is 36.5. The number of rotatable bonds is 4. The summed E-state index contributed by atoms with van der Waals surface area (Å²) >= 11 is 0. The van der Waals surface area contributed by atoms with Crippen LogP contribution in [0, 0.1) is 11.8 Å². The van der Waals surface area contributed by atoms with Gasteiger partial charge in [0.15, 0.2) is 0 Å². The topological polar surface area (TPSA) is 81.1 Å². The monoisotopic (exact) mass is 282 g/mol. The van der Waals surface area contributed by atoms with Crippen molar-refractivity contribution < 1.29 is 19.8 Å². The summed E-state index contributed by atoms with van der Waals surface area (Å²) in [6.07, 6.45) is 3.36. The van der Waals surface area contributed by atoms with E-state index in [9.17, 15) is 19.8 Å². The number of carbonyl (C=O) groups excluding carboxylic acids is 2. The third-order valence-corrected chi connectivity index (χ3v) is 5.16. The number of piperidine rings is 2. The molecule has 4 atom stereocenters. The highest BCUT2D eigenvalue weighted by Gasteiger charge is 2.53. The molecule has 6 nitrogen and oxygen atoms in total. The van der Waals surface area contributed by atoms with Crippen LogP contribution in [0.5, 0.6) is 0 Å². The molecule has 0 aromatic carbocycles. The molecule has 5 aliphatic heterocycles. The summed E-state index contributed by atoms with van der Waals surface area (Å²) in [7, 11) is 0. The molecule has 5 saturated heterocycles. The van der Waals surface area contributed by atoms with Gasteiger partial charge in [-0.1, -0.05) is 0 Å². The van der Waals surface area contributed by atoms with Crippen LogP contribution >= 0.6 is 0 Å². The van der Waals surface area contributed by atoms with Gasteiger partial charge in [0.05, 0.1) is 25.0 Å². The lowest BCUT2D eigenvalue weighted by molar-refractivity contribution is -0.167. The van der Waals surface area contributed by atoms with Gasteiger partial charge in [-0.25, -0.2) is 0 Å². The van der Waals surface area contributed by atoms with Crippen LogP contribution in [0.4, 0.5) is 0 Å². The molecular weight excluding hydrogens is 260 g/mol. The van der Waals surface area contributed by atoms with Crippen LogP contribution in [0.1, 0.15) is 25.7 Å². The molecule has 20 heavy (non-hydrogen) atoms. The van der Waals surface area contributed by atoms with Gasteiger partial charge in [0.2, 0.25) is 11.8 Å². The average molecular weight is 282 g/mol. The van der Waals surface area contributed by atoms with Crippen molar-refractivity contribution in [3.63, 3.8) is 0 Å². The Bertz CT molecular complexity index is 376. The van der Waals surface area contributed by atoms with Crippen LogP contribution in [-0.4, -0.2) is 70.2 Å². The standard InChI is InChI=1S/C14H22N2O4/c17-7-5-15-11-3-1-9(13(15)19)12-4-2-10(11)14(20)16(12)6-8-18/h9-12,17-18H,1-8H2/t9-,10+,11-,12+. The van der Waals surface area contributed by atoms with E-state index in [4.69, 9.17) is 0 Å². The van der Waals surface area contributed by atoms with Crippen molar-refractivity contribution in [2.75, 3.05) is 26.3 Å². The molecule has 1 aliphatic carbocycles. The minimum atomic E-state index is -0.158. The molecule has 112 valence electrons. The minimum Gasteiger partial charge on any atom is -0.395 e. The number of amides is 2. The number of hydrogen-bond acceptors (Lipinski definition) is 4. The third-order valence-electron chi connectivity index (χ3n) is 5.16. The van der Waals surface area contributed by atoms with Crippen molar-refractivity contribution in [3.05, 3.63) is 0 Å². The fraction of sp³-hybridized carbons (Fsp3) is 0.857. The molecule has 0 aromatic heterocycles. The number of aliphatic hydroxyl groups is 2. The predicted molar refractivity (Wildman–Crippen MR) is 70.6 cm³/mol. The van der Waals surface area contributed by atoms with E-state index in [-0.39, 0.29) is 48.9 Å². The number of nitrogens with zero attached hydrogens (tertiary/aromatic N) is 2. The van der Waals surface area contributed by atoms with E-state index >= 15 is 0 Å². The Morgan fingerprint density at radius 2 is 1.20 bits per heavy atom. The second-order valence-electron chi connectivity index (χ2n) is 6.01. The van der Waals surface area contributed by atoms with Crippen LogP contribution in [0.3, 0.4) is 0 Å². The fourth-order valence-electron chi connectivity index (χ4n) is 4.33. The van der Waals surface area contributed by atoms with E-state index in [1.54, 1.807) is 9.80 Å². The summed E-state index contributed by atoms with van der Waals surface area (Å²) in [6, 6.07) is -0.137. The van der Waals surface area contributed by atoms with Crippen molar-refractivity contribution in [1.82, 2.24) is 9.80 Å². The summed E-state index contributed by atoms with van der Waals surface area (Å²) in [6.45, 7) is 0.550. The first kappa shape index (κ1) is 13.8. The Morgan fingerprint density at radius 1 is 0.800 bits per heavy atom. The SMILES string of the molecule is O=C1[C@@H]2CC[C@H]([C@@H]3CC[C@@H]2N(CCO)C3=O)N1CCO. The maximum Gasteiger partial charge on any atom is 0.228 e. The summed E-state index contributed by atoms with van der Waals surface area (Å²) < 4.78 is 0. The Kier molecular flexibility index (Phi) is 3.69. The maximum absolute atomic E-state index is 12.6. The van der Waals surface area contributed by atoms with E-state index in [2.05, 4.69) is 0 Å². The maximum atomic E-state index is 12.6. The van der Waals surface area contributed by atoms with Gasteiger partial charge in [0, 0.05) is 25.2 Å². The lowest BCUT2D eigenvalue weighted by atomic mass is 9.70. The zero-order valence-electron chi connectivity index (χ0n) is 11.6. The summed E-state index contributed by atoms with van der Waals surface area (Å²) in [5.74, 6) is -0.148. The summed E-state index contributed by atoms with van der Waals surface area (Å²) in [5.41, 5.74) is 0. The van der Waals surface area contributed by atoms with Gasteiger partial charge in [-0.05, 0) is 25.7 Å². The molecule has 6 aliphatic rings. The first-order valence-electron chi connectivity index (χ1n) is 7.51. The Balaban J connectivity index is 1.95. The van der Waals surface area contributed by atoms with Crippen LogP contribution in [0.25, 0.3) is 0 Å². The third kappa shape index (κ3) is 1.93. The van der Waals surface area contributed by atoms with Crippen molar-refractivity contribution in [2.45, 2.75) is 37.8 Å². The molecule has 0 radical (unpaired) electrons. The molecule has 2 N–H and O–H groups in total. The lowest BCUT2D eigenvalue weighted by Crippen LogP contribution is -2.66. The molecule has 2 amide bonds. The van der Waals surface area contributed by atoms with E-state index < -0.39 is 0 Å². The zero-order chi connectivity index (χ0) is 14.3. The number of carbonyl (C=O) groups is 2. The van der Waals surface area contributed by atoms with E-state index in [1.165, 1.54) is 0 Å². The smallest absolute Gasteiger partial charge is 0.228 e. The van der Waals surface area contributed by atoms with E-state index in [0.717, 1.165) is 25.7 Å². The average Bonchev–Trinajstić information content (AvgIpc) is 2.41. The van der Waals surface area contributed by atoms with Crippen LogP contribution in [-0.2, 0) is 9.59 Å². The molecular formula is C14H22N2O4. The summed E-state index contributed by atoms with van der Waals surface area (Å²) in [4.78, 5) is 28.7. The van der Waals surface area contributed by atoms with Crippen molar-refractivity contribution in [3.8, 4) is 0 Å². The zero-order valence-corrected chi connectivity index (χ0v) is 11.6. The van der Waals surface area contributed by atoms with Crippen molar-refractivity contribution in [1.29, 1.82) is 0 Å². The Hall–Kier alpha value is -1.14. The van der Waals surface area contributed by atoms with Crippen LogP contribution < -0.4 is 0 Å². The van der Waals surface area contributed by atoms with Gasteiger partial charge in [-0.15, -0.1) is 0 Å². The minimum absolute atomic E-state index is 0.0547. The molecule has 1 saturated carbocycles. The van der Waals surface area contributed by atoms with E-state index in [0.29, 0.717) is 13.1 Å². The lowest BCUT2D eigenvalue weighted by Gasteiger charge is -2.54. The number of aliphatic hydroxyl groups excluding tert-OH is 2. The predicted octanol–water partition coefficient (Wildman–Crippen LogP) is -0.801. The Labute approximate surface area is 118 Å². The van der Waals surface area contributed by atoms with E-state index in [1.807, 2.05) is 0 Å². The van der Waals surface area contributed by atoms with Crippen molar-refractivity contribution in [2.24, 2.45) is 11.8 Å². The molecule has 0 spiro atoms. The highest BCUT2D eigenvalue weighted by molar-refractivity contribution is 5.88. The van der Waals surface area contributed by atoms with Crippen molar-refractivity contribution >= 4 is 11.8 Å². The van der Waals surface area contributed by atoms with Crippen LogP contribution in [0.2, 0.25) is 0 Å². The second kappa shape index (κ2) is 5.33. The van der Waals surface area contributed by atoms with Crippen LogP contribution in [0.15, 0.2) is 0 Å². The highest BCUT2D eigenvalue weighted by atomic mass is 16.3. The molecule has 5 heterocycles. The molecule has 6 rings (SSSR count). The molecule has 0 aromatic rings. The molecule has 0 unspecified atom stereocenters. The highest BCUT2D eigenvalue weighted by Crippen LogP contribution is 2.42. The van der Waals surface area contributed by atoms with Gasteiger partial charge in [0.1, 0.15) is 0 Å². The fourth-order valence-corrected chi connectivity index (χ4v) is 4.33.